The summed E-state index contributed by atoms with van der Waals surface area (Å²) in [7, 11) is 1.66. The van der Waals surface area contributed by atoms with Crippen molar-refractivity contribution in [2.24, 2.45) is 5.10 Å². The minimum absolute atomic E-state index is 0.842. The van der Waals surface area contributed by atoms with E-state index in [-0.39, 0.29) is 0 Å². The number of methoxy groups -OCH3 is 1. The molecule has 3 aromatic carbocycles. The van der Waals surface area contributed by atoms with E-state index in [0.717, 1.165) is 22.4 Å². The van der Waals surface area contributed by atoms with Crippen molar-refractivity contribution in [2.45, 2.75) is 0 Å². The Hall–Kier alpha value is -2.81. The van der Waals surface area contributed by atoms with Gasteiger partial charge in [0.25, 0.3) is 0 Å². The standard InChI is InChI=1S/C18H16N2O/c1-21-16-11-9-14(10-12-16)13-19-20-18-8-4-6-15-5-2-3-7-17(15)18/h2-13,20H,1H3. The predicted octanol–water partition coefficient (Wildman–Crippen LogP) is 4.29. The Morgan fingerprint density at radius 3 is 2.48 bits per heavy atom. The number of nitrogens with one attached hydrogen (secondary N) is 1. The Balaban J connectivity index is 1.78. The van der Waals surface area contributed by atoms with Crippen molar-refractivity contribution < 1.29 is 4.74 Å². The second-order valence-electron chi connectivity index (χ2n) is 4.67. The summed E-state index contributed by atoms with van der Waals surface area (Å²) in [6.45, 7) is 0. The number of rotatable bonds is 4. The molecule has 0 bridgehead atoms. The van der Waals surface area contributed by atoms with Crippen LogP contribution >= 0.6 is 0 Å². The second kappa shape index (κ2) is 6.09. The molecule has 3 aromatic rings. The summed E-state index contributed by atoms with van der Waals surface area (Å²) in [6, 6.07) is 22.1. The van der Waals surface area contributed by atoms with Crippen LogP contribution in [0.1, 0.15) is 5.56 Å². The smallest absolute Gasteiger partial charge is 0.118 e. The van der Waals surface area contributed by atoms with Gasteiger partial charge in [0.15, 0.2) is 0 Å². The van der Waals surface area contributed by atoms with Crippen LogP contribution in [0.5, 0.6) is 5.75 Å². The van der Waals surface area contributed by atoms with Crippen LogP contribution in [0.15, 0.2) is 71.8 Å². The average molecular weight is 276 g/mol. The van der Waals surface area contributed by atoms with Gasteiger partial charge in [-0.15, -0.1) is 0 Å². The highest BCUT2D eigenvalue weighted by Crippen LogP contribution is 2.22. The third kappa shape index (κ3) is 3.03. The SMILES string of the molecule is COc1ccc(C=NNc2cccc3ccccc23)cc1. The van der Waals surface area contributed by atoms with Crippen LogP contribution in [0.3, 0.4) is 0 Å². The molecule has 0 saturated heterocycles. The van der Waals surface area contributed by atoms with E-state index in [2.05, 4.69) is 28.7 Å². The van der Waals surface area contributed by atoms with Gasteiger partial charge in [0, 0.05) is 5.39 Å². The molecular formula is C18H16N2O. The molecule has 3 rings (SSSR count). The monoisotopic (exact) mass is 276 g/mol. The van der Waals surface area contributed by atoms with Gasteiger partial charge >= 0.3 is 0 Å². The van der Waals surface area contributed by atoms with Crippen LogP contribution in [-0.4, -0.2) is 13.3 Å². The van der Waals surface area contributed by atoms with Crippen molar-refractivity contribution in [1.29, 1.82) is 0 Å². The van der Waals surface area contributed by atoms with Crippen molar-refractivity contribution >= 4 is 22.7 Å². The zero-order chi connectivity index (χ0) is 14.5. The summed E-state index contributed by atoms with van der Waals surface area (Å²) in [4.78, 5) is 0. The number of hydrogen-bond acceptors (Lipinski definition) is 3. The minimum Gasteiger partial charge on any atom is -0.497 e. The maximum atomic E-state index is 5.13. The first kappa shape index (κ1) is 13.2. The summed E-state index contributed by atoms with van der Waals surface area (Å²) in [5.41, 5.74) is 5.12. The van der Waals surface area contributed by atoms with E-state index in [1.165, 1.54) is 5.39 Å². The third-order valence-corrected chi connectivity index (χ3v) is 3.30. The molecule has 0 unspecified atom stereocenters. The summed E-state index contributed by atoms with van der Waals surface area (Å²) in [5, 5.41) is 6.66. The Labute approximate surface area is 123 Å². The van der Waals surface area contributed by atoms with Crippen molar-refractivity contribution in [3.8, 4) is 5.75 Å². The molecule has 3 nitrogen and oxygen atoms in total. The fourth-order valence-electron chi connectivity index (χ4n) is 2.19. The first-order valence-electron chi connectivity index (χ1n) is 6.78. The number of hydrogen-bond donors (Lipinski definition) is 1. The fraction of sp³-hybridized carbons (Fsp3) is 0.0556. The number of fused-ring (bicyclic) bond motifs is 1. The molecule has 0 aliphatic carbocycles. The quantitative estimate of drug-likeness (QED) is 0.569. The lowest BCUT2D eigenvalue weighted by Gasteiger charge is -2.05. The highest BCUT2D eigenvalue weighted by Gasteiger charge is 1.97. The van der Waals surface area contributed by atoms with Crippen LogP contribution in [-0.2, 0) is 0 Å². The topological polar surface area (TPSA) is 33.6 Å². The van der Waals surface area contributed by atoms with E-state index in [1.807, 2.05) is 48.5 Å². The highest BCUT2D eigenvalue weighted by molar-refractivity contribution is 5.94. The van der Waals surface area contributed by atoms with E-state index < -0.39 is 0 Å². The number of hydrazone groups is 1. The van der Waals surface area contributed by atoms with Crippen LogP contribution < -0.4 is 10.2 Å². The van der Waals surface area contributed by atoms with E-state index >= 15 is 0 Å². The molecule has 0 radical (unpaired) electrons. The maximum absolute atomic E-state index is 5.13. The molecule has 0 fully saturated rings. The van der Waals surface area contributed by atoms with Crippen molar-refractivity contribution in [3.05, 3.63) is 72.3 Å². The second-order valence-corrected chi connectivity index (χ2v) is 4.67. The van der Waals surface area contributed by atoms with Gasteiger partial charge < -0.3 is 4.74 Å². The molecule has 0 aromatic heterocycles. The molecular weight excluding hydrogens is 260 g/mol. The molecule has 0 heterocycles. The molecule has 0 aliphatic rings. The minimum atomic E-state index is 0.842. The number of benzene rings is 3. The van der Waals surface area contributed by atoms with Crippen molar-refractivity contribution in [2.75, 3.05) is 12.5 Å². The Morgan fingerprint density at radius 1 is 0.905 bits per heavy atom. The lowest BCUT2D eigenvalue weighted by atomic mass is 10.1. The summed E-state index contributed by atoms with van der Waals surface area (Å²) in [6.07, 6.45) is 1.79. The molecule has 0 atom stereocenters. The van der Waals surface area contributed by atoms with Gasteiger partial charge in [0.2, 0.25) is 0 Å². The van der Waals surface area contributed by atoms with Crippen LogP contribution in [0.2, 0.25) is 0 Å². The predicted molar refractivity (Wildman–Crippen MR) is 88.2 cm³/mol. The van der Waals surface area contributed by atoms with Crippen molar-refractivity contribution in [3.63, 3.8) is 0 Å². The summed E-state index contributed by atoms with van der Waals surface area (Å²) < 4.78 is 5.13. The first-order valence-corrected chi connectivity index (χ1v) is 6.78. The molecule has 0 amide bonds. The van der Waals surface area contributed by atoms with Gasteiger partial charge in [-0.3, -0.25) is 5.43 Å². The van der Waals surface area contributed by atoms with Crippen molar-refractivity contribution in [1.82, 2.24) is 0 Å². The van der Waals surface area contributed by atoms with Gasteiger partial charge in [0.1, 0.15) is 5.75 Å². The summed E-state index contributed by atoms with van der Waals surface area (Å²) >= 11 is 0. The first-order chi connectivity index (χ1) is 10.4. The third-order valence-electron chi connectivity index (χ3n) is 3.30. The largest absolute Gasteiger partial charge is 0.497 e. The zero-order valence-electron chi connectivity index (χ0n) is 11.8. The van der Waals surface area contributed by atoms with Gasteiger partial charge in [-0.1, -0.05) is 36.4 Å². The molecule has 0 aliphatic heterocycles. The Bertz CT molecular complexity index is 758. The average Bonchev–Trinajstić information content (AvgIpc) is 2.56. The van der Waals surface area contributed by atoms with E-state index in [4.69, 9.17) is 4.74 Å². The molecule has 3 heteroatoms. The molecule has 0 saturated carbocycles. The van der Waals surface area contributed by atoms with Crippen LogP contribution in [0.25, 0.3) is 10.8 Å². The van der Waals surface area contributed by atoms with Gasteiger partial charge in [-0.25, -0.2) is 0 Å². The summed E-state index contributed by atoms with van der Waals surface area (Å²) in [5.74, 6) is 0.842. The fourth-order valence-corrected chi connectivity index (χ4v) is 2.19. The van der Waals surface area contributed by atoms with E-state index in [9.17, 15) is 0 Å². The maximum Gasteiger partial charge on any atom is 0.118 e. The lowest BCUT2D eigenvalue weighted by molar-refractivity contribution is 0.415. The van der Waals surface area contributed by atoms with E-state index in [0.29, 0.717) is 0 Å². The van der Waals surface area contributed by atoms with Gasteiger partial charge in [0.05, 0.1) is 19.0 Å². The number of nitrogens with zero attached hydrogens (tertiary/aromatic N) is 1. The van der Waals surface area contributed by atoms with E-state index in [1.54, 1.807) is 13.3 Å². The van der Waals surface area contributed by atoms with Gasteiger partial charge in [-0.2, -0.15) is 5.10 Å². The number of ether oxygens (including phenoxy) is 1. The van der Waals surface area contributed by atoms with Crippen LogP contribution in [0, 0.1) is 0 Å². The molecule has 104 valence electrons. The lowest BCUT2D eigenvalue weighted by Crippen LogP contribution is -1.92. The molecule has 1 N–H and O–H groups in total. The highest BCUT2D eigenvalue weighted by atomic mass is 16.5. The van der Waals surface area contributed by atoms with Crippen LogP contribution in [0.4, 0.5) is 5.69 Å². The Kier molecular flexibility index (Phi) is 3.83. The number of anilines is 1. The normalized spacial score (nSPS) is 10.9. The Morgan fingerprint density at radius 2 is 1.67 bits per heavy atom. The van der Waals surface area contributed by atoms with Gasteiger partial charge in [-0.05, 0) is 41.3 Å². The zero-order valence-corrected chi connectivity index (χ0v) is 11.8. The molecule has 0 spiro atoms. The molecule has 21 heavy (non-hydrogen) atoms.